The highest BCUT2D eigenvalue weighted by Gasteiger charge is 2.15. The molecule has 1 aromatic carbocycles. The summed E-state index contributed by atoms with van der Waals surface area (Å²) in [4.78, 5) is 23.9. The zero-order chi connectivity index (χ0) is 15.4. The lowest BCUT2D eigenvalue weighted by atomic mass is 10.0. The summed E-state index contributed by atoms with van der Waals surface area (Å²) in [7, 11) is 0. The van der Waals surface area contributed by atoms with Gasteiger partial charge in [-0.2, -0.15) is 0 Å². The van der Waals surface area contributed by atoms with Crippen LogP contribution in [0.4, 0.5) is 0 Å². The second-order valence-electron chi connectivity index (χ2n) is 5.33. The first-order valence-electron chi connectivity index (χ1n) is 7.47. The molecule has 1 aromatic heterocycles. The Kier molecular flexibility index (Phi) is 4.78. The number of carboxylic acids is 1. The average Bonchev–Trinajstić information content (AvgIpc) is 2.47. The average molecular weight is 287 g/mol. The van der Waals surface area contributed by atoms with Crippen LogP contribution in [0.25, 0.3) is 10.8 Å². The first-order chi connectivity index (χ1) is 10.1. The van der Waals surface area contributed by atoms with Gasteiger partial charge in [0.1, 0.15) is 0 Å². The van der Waals surface area contributed by atoms with Crippen molar-refractivity contribution in [3.63, 3.8) is 0 Å². The molecule has 0 amide bonds. The molecule has 0 radical (unpaired) electrons. The minimum absolute atomic E-state index is 0.0949. The van der Waals surface area contributed by atoms with Crippen molar-refractivity contribution in [2.75, 3.05) is 0 Å². The Labute approximate surface area is 124 Å². The lowest BCUT2D eigenvalue weighted by molar-refractivity contribution is 0.0699. The summed E-state index contributed by atoms with van der Waals surface area (Å²) in [6, 6.07) is 6.80. The molecule has 0 aliphatic heterocycles. The van der Waals surface area contributed by atoms with Crippen molar-refractivity contribution in [1.82, 2.24) is 4.57 Å². The highest BCUT2D eigenvalue weighted by molar-refractivity contribution is 6.03. The summed E-state index contributed by atoms with van der Waals surface area (Å²) >= 11 is 0. The lowest BCUT2D eigenvalue weighted by Crippen LogP contribution is -2.24. The van der Waals surface area contributed by atoms with Crippen molar-refractivity contribution in [2.45, 2.75) is 45.6 Å². The molecule has 0 spiro atoms. The normalized spacial score (nSPS) is 11.2. The van der Waals surface area contributed by atoms with E-state index in [2.05, 4.69) is 13.8 Å². The number of hydrogen-bond acceptors (Lipinski definition) is 2. The maximum Gasteiger partial charge on any atom is 0.336 e. The van der Waals surface area contributed by atoms with E-state index >= 15 is 0 Å². The SMILES string of the molecule is CCCC(CCC)n1ccc2c(C(=O)O)cccc2c1=O. The third-order valence-electron chi connectivity index (χ3n) is 3.84. The first kappa shape index (κ1) is 15.3. The number of hydrogen-bond donors (Lipinski definition) is 1. The molecule has 21 heavy (non-hydrogen) atoms. The molecular weight excluding hydrogens is 266 g/mol. The number of pyridine rings is 1. The quantitative estimate of drug-likeness (QED) is 0.878. The molecule has 0 unspecified atom stereocenters. The van der Waals surface area contributed by atoms with Crippen LogP contribution in [0, 0.1) is 0 Å². The second kappa shape index (κ2) is 6.57. The number of carboxylic acid groups (broad SMARTS) is 1. The molecule has 0 fully saturated rings. The second-order valence-corrected chi connectivity index (χ2v) is 5.33. The molecule has 0 saturated carbocycles. The van der Waals surface area contributed by atoms with Gasteiger partial charge in [0.2, 0.25) is 0 Å². The predicted octanol–water partition coefficient (Wildman–Crippen LogP) is 3.84. The number of fused-ring (bicyclic) bond motifs is 1. The zero-order valence-corrected chi connectivity index (χ0v) is 12.5. The largest absolute Gasteiger partial charge is 0.478 e. The molecule has 2 rings (SSSR count). The molecular formula is C17H21NO3. The third kappa shape index (κ3) is 2.99. The van der Waals surface area contributed by atoms with Crippen LogP contribution in [0.3, 0.4) is 0 Å². The Bertz CT molecular complexity index is 697. The van der Waals surface area contributed by atoms with Gasteiger partial charge in [-0.05, 0) is 31.0 Å². The van der Waals surface area contributed by atoms with Crippen molar-refractivity contribution in [2.24, 2.45) is 0 Å². The number of carbonyl (C=O) groups is 1. The minimum atomic E-state index is -1.00. The van der Waals surface area contributed by atoms with Crippen molar-refractivity contribution >= 4 is 16.7 Å². The summed E-state index contributed by atoms with van der Waals surface area (Å²) in [5.41, 5.74) is 0.0850. The summed E-state index contributed by atoms with van der Waals surface area (Å²) in [5.74, 6) is -1.00. The molecule has 0 bridgehead atoms. The standard InChI is InChI=1S/C17H21NO3/c1-3-6-12(7-4-2)18-11-10-13-14(16(18)19)8-5-9-15(13)17(20)21/h5,8-12H,3-4,6-7H2,1-2H3,(H,20,21). The Morgan fingerprint density at radius 1 is 1.14 bits per heavy atom. The number of aromatic nitrogens is 1. The molecule has 0 aliphatic carbocycles. The molecule has 4 heteroatoms. The number of nitrogens with zero attached hydrogens (tertiary/aromatic N) is 1. The number of rotatable bonds is 6. The fourth-order valence-electron chi connectivity index (χ4n) is 2.86. The van der Waals surface area contributed by atoms with Crippen LogP contribution in [0.1, 0.15) is 55.9 Å². The van der Waals surface area contributed by atoms with Crippen LogP contribution >= 0.6 is 0 Å². The van der Waals surface area contributed by atoms with Crippen LogP contribution in [0.2, 0.25) is 0 Å². The van der Waals surface area contributed by atoms with E-state index in [1.54, 1.807) is 29.0 Å². The van der Waals surface area contributed by atoms with Gasteiger partial charge in [-0.25, -0.2) is 4.79 Å². The number of benzene rings is 1. The zero-order valence-electron chi connectivity index (χ0n) is 12.5. The van der Waals surface area contributed by atoms with E-state index in [4.69, 9.17) is 0 Å². The van der Waals surface area contributed by atoms with E-state index < -0.39 is 5.97 Å². The fraction of sp³-hybridized carbons (Fsp3) is 0.412. The minimum Gasteiger partial charge on any atom is -0.478 e. The molecule has 112 valence electrons. The van der Waals surface area contributed by atoms with Gasteiger partial charge in [0.25, 0.3) is 5.56 Å². The molecule has 1 heterocycles. The Hall–Kier alpha value is -2.10. The fourth-order valence-corrected chi connectivity index (χ4v) is 2.86. The predicted molar refractivity (Wildman–Crippen MR) is 84.0 cm³/mol. The summed E-state index contributed by atoms with van der Waals surface area (Å²) in [6.07, 6.45) is 5.69. The topological polar surface area (TPSA) is 59.3 Å². The smallest absolute Gasteiger partial charge is 0.336 e. The molecule has 4 nitrogen and oxygen atoms in total. The lowest BCUT2D eigenvalue weighted by Gasteiger charge is -2.19. The van der Waals surface area contributed by atoms with Gasteiger partial charge in [0.15, 0.2) is 0 Å². The van der Waals surface area contributed by atoms with Crippen molar-refractivity contribution in [3.05, 3.63) is 46.4 Å². The molecule has 0 saturated heterocycles. The Morgan fingerprint density at radius 3 is 2.38 bits per heavy atom. The summed E-state index contributed by atoms with van der Waals surface area (Å²) in [6.45, 7) is 4.22. The molecule has 0 atom stereocenters. The van der Waals surface area contributed by atoms with Crippen LogP contribution in [0.5, 0.6) is 0 Å². The molecule has 0 aliphatic rings. The van der Waals surface area contributed by atoms with Crippen molar-refractivity contribution in [3.8, 4) is 0 Å². The Morgan fingerprint density at radius 2 is 1.81 bits per heavy atom. The Balaban J connectivity index is 2.61. The maximum atomic E-state index is 12.7. The third-order valence-corrected chi connectivity index (χ3v) is 3.84. The van der Waals surface area contributed by atoms with E-state index in [0.29, 0.717) is 10.8 Å². The van der Waals surface area contributed by atoms with Gasteiger partial charge < -0.3 is 9.67 Å². The van der Waals surface area contributed by atoms with E-state index in [1.807, 2.05) is 0 Å². The maximum absolute atomic E-state index is 12.7. The highest BCUT2D eigenvalue weighted by Crippen LogP contribution is 2.21. The number of aromatic carboxylic acids is 1. The van der Waals surface area contributed by atoms with Gasteiger partial charge in [-0.3, -0.25) is 4.79 Å². The first-order valence-corrected chi connectivity index (χ1v) is 7.47. The van der Waals surface area contributed by atoms with Crippen LogP contribution < -0.4 is 5.56 Å². The van der Waals surface area contributed by atoms with Crippen LogP contribution in [0.15, 0.2) is 35.3 Å². The molecule has 1 N–H and O–H groups in total. The van der Waals surface area contributed by atoms with Gasteiger partial charge in [-0.15, -0.1) is 0 Å². The van der Waals surface area contributed by atoms with Gasteiger partial charge in [0.05, 0.1) is 5.56 Å². The van der Waals surface area contributed by atoms with Gasteiger partial charge in [0, 0.05) is 23.0 Å². The summed E-state index contributed by atoms with van der Waals surface area (Å²) in [5, 5.41) is 10.2. The summed E-state index contributed by atoms with van der Waals surface area (Å²) < 4.78 is 1.76. The monoisotopic (exact) mass is 287 g/mol. The van der Waals surface area contributed by atoms with Crippen LogP contribution in [-0.2, 0) is 0 Å². The van der Waals surface area contributed by atoms with Crippen LogP contribution in [-0.4, -0.2) is 15.6 Å². The van der Waals surface area contributed by atoms with E-state index in [1.165, 1.54) is 6.07 Å². The highest BCUT2D eigenvalue weighted by atomic mass is 16.4. The van der Waals surface area contributed by atoms with Gasteiger partial charge in [-0.1, -0.05) is 32.8 Å². The molecule has 2 aromatic rings. The van der Waals surface area contributed by atoms with E-state index in [-0.39, 0.29) is 17.2 Å². The van der Waals surface area contributed by atoms with Crippen molar-refractivity contribution in [1.29, 1.82) is 0 Å². The van der Waals surface area contributed by atoms with Gasteiger partial charge >= 0.3 is 5.97 Å². The van der Waals surface area contributed by atoms with E-state index in [0.717, 1.165) is 25.7 Å². The van der Waals surface area contributed by atoms with E-state index in [9.17, 15) is 14.7 Å². The van der Waals surface area contributed by atoms with Crippen molar-refractivity contribution < 1.29 is 9.90 Å².